The average molecular weight is 331 g/mol. The number of amides is 1. The second-order valence-corrected chi connectivity index (χ2v) is 4.82. The molecule has 0 radical (unpaired) electrons. The molecule has 2 N–H and O–H groups in total. The highest BCUT2D eigenvalue weighted by Gasteiger charge is 2.15. The number of nitro benzene ring substituents is 1. The van der Waals surface area contributed by atoms with Crippen molar-refractivity contribution in [3.05, 3.63) is 38.3 Å². The van der Waals surface area contributed by atoms with E-state index in [0.717, 1.165) is 12.8 Å². The third-order valence-electron chi connectivity index (χ3n) is 2.53. The van der Waals surface area contributed by atoms with Gasteiger partial charge in [-0.2, -0.15) is 0 Å². The lowest BCUT2D eigenvalue weighted by Crippen LogP contribution is -2.24. The molecule has 0 saturated carbocycles. The molecule has 0 heterocycles. The number of nitrogens with zero attached hydrogens (tertiary/aromatic N) is 1. The van der Waals surface area contributed by atoms with E-state index in [4.69, 9.17) is 5.11 Å². The van der Waals surface area contributed by atoms with Gasteiger partial charge < -0.3 is 10.4 Å². The Hall–Kier alpha value is -1.47. The molecule has 1 amide bonds. The van der Waals surface area contributed by atoms with Gasteiger partial charge in [-0.05, 0) is 47.3 Å². The molecule has 0 aliphatic heterocycles. The number of carbonyl (C=O) groups excluding carboxylic acids is 1. The number of carbonyl (C=O) groups is 1. The fourth-order valence-electron chi connectivity index (χ4n) is 1.51. The number of hydrogen-bond donors (Lipinski definition) is 2. The molecule has 0 unspecified atom stereocenters. The van der Waals surface area contributed by atoms with Crippen LogP contribution in [0.3, 0.4) is 0 Å². The number of aliphatic hydroxyl groups is 1. The number of benzene rings is 1. The summed E-state index contributed by atoms with van der Waals surface area (Å²) in [5, 5.41) is 22.0. The SMILES string of the molecule is O=C(NCCCCCO)c1ccc(Br)c([N+](=O)[O-])c1. The zero-order valence-electron chi connectivity index (χ0n) is 10.3. The van der Waals surface area contributed by atoms with Crippen LogP contribution in [0.1, 0.15) is 29.6 Å². The van der Waals surface area contributed by atoms with Crippen molar-refractivity contribution < 1.29 is 14.8 Å². The number of unbranched alkanes of at least 4 members (excludes halogenated alkanes) is 2. The molecule has 7 heteroatoms. The molecule has 0 bridgehead atoms. The van der Waals surface area contributed by atoms with Crippen molar-refractivity contribution in [3.8, 4) is 0 Å². The Morgan fingerprint density at radius 3 is 2.74 bits per heavy atom. The van der Waals surface area contributed by atoms with Gasteiger partial charge in [0.2, 0.25) is 0 Å². The first-order valence-electron chi connectivity index (χ1n) is 5.89. The molecular formula is C12H15BrN2O4. The van der Waals surface area contributed by atoms with Crippen molar-refractivity contribution in [3.63, 3.8) is 0 Å². The van der Waals surface area contributed by atoms with Gasteiger partial charge in [0, 0.05) is 24.8 Å². The maximum atomic E-state index is 11.8. The molecule has 0 aromatic heterocycles. The second-order valence-electron chi connectivity index (χ2n) is 3.96. The van der Waals surface area contributed by atoms with E-state index in [0.29, 0.717) is 17.4 Å². The third-order valence-corrected chi connectivity index (χ3v) is 3.20. The van der Waals surface area contributed by atoms with Crippen LogP contribution < -0.4 is 5.32 Å². The van der Waals surface area contributed by atoms with Crippen LogP contribution in [0.5, 0.6) is 0 Å². The van der Waals surface area contributed by atoms with Crippen LogP contribution in [0, 0.1) is 10.1 Å². The Morgan fingerprint density at radius 1 is 1.37 bits per heavy atom. The molecule has 0 aliphatic rings. The zero-order valence-corrected chi connectivity index (χ0v) is 11.9. The van der Waals surface area contributed by atoms with E-state index < -0.39 is 4.92 Å². The standard InChI is InChI=1S/C12H15BrN2O4/c13-10-5-4-9(8-11(10)15(18)19)12(17)14-6-2-1-3-7-16/h4-5,8,16H,1-3,6-7H2,(H,14,17). The first kappa shape index (κ1) is 15.6. The van der Waals surface area contributed by atoms with Gasteiger partial charge in [0.05, 0.1) is 9.40 Å². The highest BCUT2D eigenvalue weighted by molar-refractivity contribution is 9.10. The predicted molar refractivity (Wildman–Crippen MR) is 74.1 cm³/mol. The topological polar surface area (TPSA) is 92.5 Å². The summed E-state index contributed by atoms with van der Waals surface area (Å²) in [5.41, 5.74) is 0.130. The van der Waals surface area contributed by atoms with E-state index in [-0.39, 0.29) is 23.8 Å². The second kappa shape index (κ2) is 7.85. The fraction of sp³-hybridized carbons (Fsp3) is 0.417. The molecule has 1 rings (SSSR count). The highest BCUT2D eigenvalue weighted by Crippen LogP contribution is 2.25. The van der Waals surface area contributed by atoms with Crippen LogP contribution in [0.15, 0.2) is 22.7 Å². The Balaban J connectivity index is 2.57. The summed E-state index contributed by atoms with van der Waals surface area (Å²) in [4.78, 5) is 22.0. The maximum Gasteiger partial charge on any atom is 0.284 e. The van der Waals surface area contributed by atoms with Crippen molar-refractivity contribution >= 4 is 27.5 Å². The van der Waals surface area contributed by atoms with E-state index in [2.05, 4.69) is 21.2 Å². The first-order chi connectivity index (χ1) is 9.06. The molecule has 0 fully saturated rings. The van der Waals surface area contributed by atoms with Crippen LogP contribution in [0.25, 0.3) is 0 Å². The smallest absolute Gasteiger partial charge is 0.284 e. The van der Waals surface area contributed by atoms with Crippen molar-refractivity contribution in [2.24, 2.45) is 0 Å². The highest BCUT2D eigenvalue weighted by atomic mass is 79.9. The first-order valence-corrected chi connectivity index (χ1v) is 6.68. The van der Waals surface area contributed by atoms with Gasteiger partial charge in [0.15, 0.2) is 0 Å². The molecule has 0 spiro atoms. The Labute approximate surface area is 119 Å². The van der Waals surface area contributed by atoms with Crippen molar-refractivity contribution in [2.75, 3.05) is 13.2 Å². The maximum absolute atomic E-state index is 11.8. The molecule has 104 valence electrons. The minimum atomic E-state index is -0.540. The Kier molecular flexibility index (Phi) is 6.44. The van der Waals surface area contributed by atoms with Crippen molar-refractivity contribution in [2.45, 2.75) is 19.3 Å². The third kappa shape index (κ3) is 4.96. The number of nitrogens with one attached hydrogen (secondary N) is 1. The van der Waals surface area contributed by atoms with Crippen molar-refractivity contribution in [1.82, 2.24) is 5.32 Å². The van der Waals surface area contributed by atoms with Gasteiger partial charge >= 0.3 is 0 Å². The van der Waals surface area contributed by atoms with Crippen molar-refractivity contribution in [1.29, 1.82) is 0 Å². The van der Waals surface area contributed by atoms with E-state index in [9.17, 15) is 14.9 Å². The number of rotatable bonds is 7. The van der Waals surface area contributed by atoms with Crippen LogP contribution in [0.4, 0.5) is 5.69 Å². The number of nitro groups is 1. The van der Waals surface area contributed by atoms with Gasteiger partial charge in [-0.25, -0.2) is 0 Å². The van der Waals surface area contributed by atoms with Gasteiger partial charge in [-0.15, -0.1) is 0 Å². The van der Waals surface area contributed by atoms with Crippen LogP contribution in [-0.2, 0) is 0 Å². The minimum Gasteiger partial charge on any atom is -0.396 e. The van der Waals surface area contributed by atoms with Gasteiger partial charge in [0.25, 0.3) is 11.6 Å². The normalized spacial score (nSPS) is 10.2. The summed E-state index contributed by atoms with van der Waals surface area (Å²) in [7, 11) is 0. The van der Waals surface area contributed by atoms with Crippen LogP contribution >= 0.6 is 15.9 Å². The van der Waals surface area contributed by atoms with Gasteiger partial charge in [0.1, 0.15) is 0 Å². The lowest BCUT2D eigenvalue weighted by molar-refractivity contribution is -0.385. The molecular weight excluding hydrogens is 316 g/mol. The molecule has 6 nitrogen and oxygen atoms in total. The lowest BCUT2D eigenvalue weighted by atomic mass is 10.2. The van der Waals surface area contributed by atoms with E-state index >= 15 is 0 Å². The Bertz CT molecular complexity index is 465. The predicted octanol–water partition coefficient (Wildman–Crippen LogP) is 2.25. The summed E-state index contributed by atoms with van der Waals surface area (Å²) in [6.07, 6.45) is 2.31. The summed E-state index contributed by atoms with van der Waals surface area (Å²) in [6.45, 7) is 0.634. The molecule has 1 aromatic carbocycles. The quantitative estimate of drug-likeness (QED) is 0.455. The van der Waals surface area contributed by atoms with Gasteiger partial charge in [-0.1, -0.05) is 0 Å². The summed E-state index contributed by atoms with van der Waals surface area (Å²) >= 11 is 3.06. The van der Waals surface area contributed by atoms with Crippen LogP contribution in [0.2, 0.25) is 0 Å². The largest absolute Gasteiger partial charge is 0.396 e. The summed E-state index contributed by atoms with van der Waals surface area (Å²) in [5.74, 6) is -0.334. The Morgan fingerprint density at radius 2 is 2.11 bits per heavy atom. The number of halogens is 1. The fourth-order valence-corrected chi connectivity index (χ4v) is 1.90. The molecule has 0 aliphatic carbocycles. The number of aliphatic hydroxyl groups excluding tert-OH is 1. The molecule has 0 atom stereocenters. The minimum absolute atomic E-state index is 0.132. The monoisotopic (exact) mass is 330 g/mol. The zero-order chi connectivity index (χ0) is 14.3. The number of hydrogen-bond acceptors (Lipinski definition) is 4. The average Bonchev–Trinajstić information content (AvgIpc) is 2.38. The van der Waals surface area contributed by atoms with E-state index in [1.807, 2.05) is 0 Å². The molecule has 19 heavy (non-hydrogen) atoms. The van der Waals surface area contributed by atoms with E-state index in [1.54, 1.807) is 0 Å². The lowest BCUT2D eigenvalue weighted by Gasteiger charge is -2.05. The van der Waals surface area contributed by atoms with Gasteiger partial charge in [-0.3, -0.25) is 14.9 Å². The van der Waals surface area contributed by atoms with E-state index in [1.165, 1.54) is 18.2 Å². The summed E-state index contributed by atoms with van der Waals surface area (Å²) < 4.78 is 0.344. The molecule has 1 aromatic rings. The van der Waals surface area contributed by atoms with Crippen LogP contribution in [-0.4, -0.2) is 29.1 Å². The molecule has 0 saturated heterocycles. The summed E-state index contributed by atoms with van der Waals surface area (Å²) in [6, 6.07) is 4.26.